The van der Waals surface area contributed by atoms with E-state index in [0.717, 1.165) is 6.08 Å². The van der Waals surface area contributed by atoms with Crippen molar-refractivity contribution in [2.24, 2.45) is 0 Å². The first-order valence-corrected chi connectivity index (χ1v) is 6.69. The normalized spacial score (nSPS) is 11.4. The molecule has 0 aliphatic carbocycles. The Labute approximate surface area is 128 Å². The number of amides is 1. The van der Waals surface area contributed by atoms with Crippen molar-refractivity contribution in [3.63, 3.8) is 0 Å². The molecule has 0 unspecified atom stereocenters. The van der Waals surface area contributed by atoms with E-state index in [1.807, 2.05) is 20.8 Å². The van der Waals surface area contributed by atoms with Gasteiger partial charge in [0.25, 0.3) is 5.91 Å². The molecule has 0 aromatic heterocycles. The minimum Gasteiger partial charge on any atom is -0.482 e. The highest BCUT2D eigenvalue weighted by molar-refractivity contribution is 6.32. The van der Waals surface area contributed by atoms with Crippen LogP contribution in [0.25, 0.3) is 6.08 Å². The molecule has 0 saturated carbocycles. The SMILES string of the molecule is CC(C)(C)NC(=O)COc1ccc(C=CC(=O)O)cc1Cl. The van der Waals surface area contributed by atoms with Gasteiger partial charge < -0.3 is 15.2 Å². The molecule has 114 valence electrons. The lowest BCUT2D eigenvalue weighted by Crippen LogP contribution is -2.43. The highest BCUT2D eigenvalue weighted by atomic mass is 35.5. The third-order valence-electron chi connectivity index (χ3n) is 2.25. The maximum absolute atomic E-state index is 11.6. The Morgan fingerprint density at radius 3 is 2.57 bits per heavy atom. The quantitative estimate of drug-likeness (QED) is 0.820. The van der Waals surface area contributed by atoms with Gasteiger partial charge in [-0.2, -0.15) is 0 Å². The second-order valence-corrected chi connectivity index (χ2v) is 5.86. The maximum Gasteiger partial charge on any atom is 0.328 e. The highest BCUT2D eigenvalue weighted by Crippen LogP contribution is 2.26. The summed E-state index contributed by atoms with van der Waals surface area (Å²) in [7, 11) is 0. The zero-order valence-electron chi connectivity index (χ0n) is 12.1. The van der Waals surface area contributed by atoms with Crippen LogP contribution in [0.4, 0.5) is 0 Å². The fraction of sp³-hybridized carbons (Fsp3) is 0.333. The van der Waals surface area contributed by atoms with E-state index in [1.165, 1.54) is 6.08 Å². The second kappa shape index (κ2) is 7.13. The summed E-state index contributed by atoms with van der Waals surface area (Å²) in [5, 5.41) is 11.6. The number of halogens is 1. The number of nitrogens with one attached hydrogen (secondary N) is 1. The molecule has 2 N–H and O–H groups in total. The van der Waals surface area contributed by atoms with E-state index >= 15 is 0 Å². The standard InChI is InChI=1S/C15H18ClNO4/c1-15(2,3)17-13(18)9-21-12-6-4-10(8-11(12)16)5-7-14(19)20/h4-8H,9H2,1-3H3,(H,17,18)(H,19,20). The van der Waals surface area contributed by atoms with Crippen molar-refractivity contribution in [3.05, 3.63) is 34.9 Å². The molecule has 6 heteroatoms. The molecular formula is C15H18ClNO4. The van der Waals surface area contributed by atoms with Crippen LogP contribution in [0.3, 0.4) is 0 Å². The molecule has 0 aliphatic rings. The van der Waals surface area contributed by atoms with Gasteiger partial charge in [0.15, 0.2) is 6.61 Å². The molecule has 1 aromatic rings. The van der Waals surface area contributed by atoms with Crippen LogP contribution in [0.5, 0.6) is 5.75 Å². The summed E-state index contributed by atoms with van der Waals surface area (Å²) in [4.78, 5) is 22.1. The number of rotatable bonds is 5. The number of carbonyl (C=O) groups excluding carboxylic acids is 1. The van der Waals surface area contributed by atoms with E-state index in [4.69, 9.17) is 21.4 Å². The number of carboxylic acids is 1. The van der Waals surface area contributed by atoms with E-state index in [1.54, 1.807) is 18.2 Å². The van der Waals surface area contributed by atoms with Crippen molar-refractivity contribution in [1.82, 2.24) is 5.32 Å². The number of carboxylic acid groups (broad SMARTS) is 1. The number of aliphatic carboxylic acids is 1. The van der Waals surface area contributed by atoms with Crippen molar-refractivity contribution in [1.29, 1.82) is 0 Å². The van der Waals surface area contributed by atoms with Gasteiger partial charge >= 0.3 is 5.97 Å². The summed E-state index contributed by atoms with van der Waals surface area (Å²) in [6.07, 6.45) is 2.44. The Hall–Kier alpha value is -2.01. The van der Waals surface area contributed by atoms with E-state index in [-0.39, 0.29) is 18.1 Å². The molecule has 0 spiro atoms. The van der Waals surface area contributed by atoms with Crippen LogP contribution in [-0.2, 0) is 9.59 Å². The van der Waals surface area contributed by atoms with Gasteiger partial charge in [0.2, 0.25) is 0 Å². The third kappa shape index (κ3) is 6.81. The van der Waals surface area contributed by atoms with E-state index in [9.17, 15) is 9.59 Å². The molecule has 1 aromatic carbocycles. The predicted octanol–water partition coefficient (Wildman–Crippen LogP) is 2.73. The van der Waals surface area contributed by atoms with Gasteiger partial charge in [-0.05, 0) is 44.5 Å². The first-order valence-electron chi connectivity index (χ1n) is 6.32. The molecular weight excluding hydrogens is 294 g/mol. The Kier molecular flexibility index (Phi) is 5.79. The van der Waals surface area contributed by atoms with Crippen molar-refractivity contribution in [2.75, 3.05) is 6.61 Å². The number of benzene rings is 1. The minimum absolute atomic E-state index is 0.138. The van der Waals surface area contributed by atoms with E-state index < -0.39 is 5.97 Å². The molecule has 0 radical (unpaired) electrons. The van der Waals surface area contributed by atoms with Crippen LogP contribution < -0.4 is 10.1 Å². The summed E-state index contributed by atoms with van der Waals surface area (Å²) in [5.74, 6) is -0.910. The third-order valence-corrected chi connectivity index (χ3v) is 2.54. The summed E-state index contributed by atoms with van der Waals surface area (Å²) in [6, 6.07) is 4.81. The molecule has 0 fully saturated rings. The molecule has 1 rings (SSSR count). The second-order valence-electron chi connectivity index (χ2n) is 5.45. The van der Waals surface area contributed by atoms with Crippen LogP contribution in [-0.4, -0.2) is 29.1 Å². The largest absolute Gasteiger partial charge is 0.482 e. The predicted molar refractivity (Wildman–Crippen MR) is 81.5 cm³/mol. The highest BCUT2D eigenvalue weighted by Gasteiger charge is 2.14. The molecule has 0 bridgehead atoms. The van der Waals surface area contributed by atoms with Gasteiger partial charge in [-0.1, -0.05) is 17.7 Å². The van der Waals surface area contributed by atoms with Crippen LogP contribution in [0.2, 0.25) is 5.02 Å². The first-order chi connectivity index (χ1) is 9.67. The molecule has 0 saturated heterocycles. The van der Waals surface area contributed by atoms with Crippen LogP contribution in [0.15, 0.2) is 24.3 Å². The average Bonchev–Trinajstić information content (AvgIpc) is 2.33. The lowest BCUT2D eigenvalue weighted by Gasteiger charge is -2.20. The molecule has 0 aliphatic heterocycles. The van der Waals surface area contributed by atoms with E-state index in [2.05, 4.69) is 5.32 Å². The Morgan fingerprint density at radius 2 is 2.05 bits per heavy atom. The van der Waals surface area contributed by atoms with Gasteiger partial charge in [-0.25, -0.2) is 4.79 Å². The van der Waals surface area contributed by atoms with Gasteiger partial charge in [-0.15, -0.1) is 0 Å². The fourth-order valence-electron chi connectivity index (χ4n) is 1.50. The van der Waals surface area contributed by atoms with Gasteiger partial charge in [-0.3, -0.25) is 4.79 Å². The molecule has 5 nitrogen and oxygen atoms in total. The minimum atomic E-state index is -1.04. The Balaban J connectivity index is 2.65. The molecule has 1 amide bonds. The van der Waals surface area contributed by atoms with Gasteiger partial charge in [0, 0.05) is 11.6 Å². The van der Waals surface area contributed by atoms with Crippen LogP contribution in [0, 0.1) is 0 Å². The smallest absolute Gasteiger partial charge is 0.328 e. The van der Waals surface area contributed by atoms with Gasteiger partial charge in [0.1, 0.15) is 5.75 Å². The number of hydrogen-bond acceptors (Lipinski definition) is 3. The van der Waals surface area contributed by atoms with Crippen LogP contribution in [0.1, 0.15) is 26.3 Å². The number of ether oxygens (including phenoxy) is 1. The average molecular weight is 312 g/mol. The van der Waals surface area contributed by atoms with Gasteiger partial charge in [0.05, 0.1) is 5.02 Å². The number of carbonyl (C=O) groups is 2. The summed E-state index contributed by atoms with van der Waals surface area (Å²) in [5.41, 5.74) is 0.310. The topological polar surface area (TPSA) is 75.6 Å². The van der Waals surface area contributed by atoms with Crippen molar-refractivity contribution < 1.29 is 19.4 Å². The monoisotopic (exact) mass is 311 g/mol. The van der Waals surface area contributed by atoms with Crippen molar-refractivity contribution >= 4 is 29.6 Å². The zero-order valence-corrected chi connectivity index (χ0v) is 12.9. The lowest BCUT2D eigenvalue weighted by molar-refractivity contribution is -0.131. The van der Waals surface area contributed by atoms with E-state index in [0.29, 0.717) is 16.3 Å². The zero-order chi connectivity index (χ0) is 16.0. The maximum atomic E-state index is 11.6. The lowest BCUT2D eigenvalue weighted by atomic mass is 10.1. The van der Waals surface area contributed by atoms with Crippen molar-refractivity contribution in [2.45, 2.75) is 26.3 Å². The molecule has 21 heavy (non-hydrogen) atoms. The Bertz CT molecular complexity index is 561. The summed E-state index contributed by atoms with van der Waals surface area (Å²) >= 11 is 6.02. The molecule has 0 heterocycles. The summed E-state index contributed by atoms with van der Waals surface area (Å²) in [6.45, 7) is 5.49. The fourth-order valence-corrected chi connectivity index (χ4v) is 1.75. The summed E-state index contributed by atoms with van der Waals surface area (Å²) < 4.78 is 5.34. The Morgan fingerprint density at radius 1 is 1.38 bits per heavy atom. The number of hydrogen-bond donors (Lipinski definition) is 2. The first kappa shape index (κ1) is 17.0. The van der Waals surface area contributed by atoms with Crippen LogP contribution >= 0.6 is 11.6 Å². The molecule has 0 atom stereocenters. The van der Waals surface area contributed by atoms with Crippen molar-refractivity contribution in [3.8, 4) is 5.75 Å².